The van der Waals surface area contributed by atoms with Crippen LogP contribution < -0.4 is 0 Å². The lowest BCUT2D eigenvalue weighted by atomic mass is 10.1. The van der Waals surface area contributed by atoms with Crippen LogP contribution in [0.4, 0.5) is 0 Å². The van der Waals surface area contributed by atoms with Crippen LogP contribution in [0.25, 0.3) is 22.2 Å². The Labute approximate surface area is 117 Å². The van der Waals surface area contributed by atoms with Gasteiger partial charge >= 0.3 is 5.97 Å². The molecule has 0 radical (unpaired) electrons. The molecule has 0 amide bonds. The van der Waals surface area contributed by atoms with Crippen molar-refractivity contribution in [1.29, 1.82) is 0 Å². The Hall–Kier alpha value is -2.01. The van der Waals surface area contributed by atoms with Gasteiger partial charge in [0.1, 0.15) is 5.69 Å². The fraction of sp³-hybridized carbons (Fsp3) is 0.0714. The first kappa shape index (κ1) is 12.0. The summed E-state index contributed by atoms with van der Waals surface area (Å²) in [6, 6.07) is 9.43. The van der Waals surface area contributed by atoms with Crippen LogP contribution in [-0.4, -0.2) is 20.6 Å². The summed E-state index contributed by atoms with van der Waals surface area (Å²) >= 11 is 3.46. The molecule has 0 atom stereocenters. The molecule has 3 rings (SSSR count). The highest BCUT2D eigenvalue weighted by molar-refractivity contribution is 9.10. The van der Waals surface area contributed by atoms with E-state index in [0.29, 0.717) is 0 Å². The first-order valence-electron chi connectivity index (χ1n) is 5.74. The van der Waals surface area contributed by atoms with Crippen LogP contribution in [0.15, 0.2) is 41.0 Å². The zero-order valence-electron chi connectivity index (χ0n) is 10.1. The molecule has 19 heavy (non-hydrogen) atoms. The molecule has 2 aromatic heterocycles. The number of nitrogens with one attached hydrogen (secondary N) is 1. The topological polar surface area (TPSA) is 58.0 Å². The quantitative estimate of drug-likeness (QED) is 0.758. The molecule has 4 nitrogen and oxygen atoms in total. The molecule has 0 saturated heterocycles. The van der Waals surface area contributed by atoms with Gasteiger partial charge in [-0.25, -0.2) is 4.79 Å². The highest BCUT2D eigenvalue weighted by Crippen LogP contribution is 2.31. The number of hydrogen-bond acceptors (Lipinski definition) is 1. The molecule has 0 spiro atoms. The number of H-pyrrole nitrogens is 1. The Balaban J connectivity index is 2.25. The maximum Gasteiger partial charge on any atom is 0.352 e. The second-order valence-electron chi connectivity index (χ2n) is 4.36. The molecular formula is C14H11BrN2O2. The molecule has 0 aliphatic heterocycles. The molecule has 0 aliphatic rings. The Morgan fingerprint density at radius 3 is 2.79 bits per heavy atom. The van der Waals surface area contributed by atoms with Gasteiger partial charge in [-0.1, -0.05) is 15.9 Å². The molecule has 1 aromatic carbocycles. The minimum Gasteiger partial charge on any atom is -0.477 e. The van der Waals surface area contributed by atoms with Crippen LogP contribution in [-0.2, 0) is 7.05 Å². The fourth-order valence-electron chi connectivity index (χ4n) is 2.30. The van der Waals surface area contributed by atoms with E-state index in [0.717, 1.165) is 26.6 Å². The summed E-state index contributed by atoms with van der Waals surface area (Å²) in [5.41, 5.74) is 3.17. The number of rotatable bonds is 2. The van der Waals surface area contributed by atoms with Gasteiger partial charge in [0.2, 0.25) is 0 Å². The molecule has 0 saturated carbocycles. The maximum atomic E-state index is 11.1. The van der Waals surface area contributed by atoms with E-state index < -0.39 is 5.97 Å². The monoisotopic (exact) mass is 318 g/mol. The highest BCUT2D eigenvalue weighted by atomic mass is 79.9. The number of hydrogen-bond donors (Lipinski definition) is 2. The highest BCUT2D eigenvalue weighted by Gasteiger charge is 2.14. The molecule has 0 aliphatic carbocycles. The number of aromatic nitrogens is 2. The minimum atomic E-state index is -0.922. The van der Waals surface area contributed by atoms with Crippen molar-refractivity contribution in [3.05, 3.63) is 46.7 Å². The third-order valence-electron chi connectivity index (χ3n) is 3.26. The molecule has 0 fully saturated rings. The molecule has 2 heterocycles. The molecule has 2 N–H and O–H groups in total. The second-order valence-corrected chi connectivity index (χ2v) is 5.28. The van der Waals surface area contributed by atoms with Gasteiger partial charge in [0, 0.05) is 34.2 Å². The lowest BCUT2D eigenvalue weighted by Gasteiger charge is -2.04. The summed E-state index contributed by atoms with van der Waals surface area (Å²) in [7, 11) is 1.76. The number of aromatic carboxylic acids is 1. The lowest BCUT2D eigenvalue weighted by molar-refractivity contribution is 0.0687. The Kier molecular flexibility index (Phi) is 2.71. The lowest BCUT2D eigenvalue weighted by Crippen LogP contribution is -2.04. The Morgan fingerprint density at radius 1 is 1.32 bits per heavy atom. The number of aromatic amines is 1. The molecule has 5 heteroatoms. The van der Waals surface area contributed by atoms with Gasteiger partial charge in [0.25, 0.3) is 0 Å². The summed E-state index contributed by atoms with van der Waals surface area (Å²) in [5.74, 6) is -0.922. The minimum absolute atomic E-state index is 0.277. The van der Waals surface area contributed by atoms with Gasteiger partial charge in [-0.3, -0.25) is 0 Å². The van der Waals surface area contributed by atoms with Crippen molar-refractivity contribution in [3.63, 3.8) is 0 Å². The largest absolute Gasteiger partial charge is 0.477 e. The van der Waals surface area contributed by atoms with Crippen LogP contribution in [0.1, 0.15) is 10.5 Å². The predicted molar refractivity (Wildman–Crippen MR) is 77.4 cm³/mol. The standard InChI is InChI=1S/C14H11BrN2O2/c1-17-12(4-5-13(17)14(18)19)10-7-16-11-3-2-8(15)6-9(10)11/h2-7,16H,1H3,(H,18,19). The number of benzene rings is 1. The van der Waals surface area contributed by atoms with Gasteiger partial charge in [-0.2, -0.15) is 0 Å². The number of nitrogens with zero attached hydrogens (tertiary/aromatic N) is 1. The van der Waals surface area contributed by atoms with Gasteiger partial charge in [-0.15, -0.1) is 0 Å². The fourth-order valence-corrected chi connectivity index (χ4v) is 2.66. The summed E-state index contributed by atoms with van der Waals surface area (Å²) in [4.78, 5) is 14.3. The molecule has 96 valence electrons. The molecule has 0 bridgehead atoms. The number of carbonyl (C=O) groups is 1. The van der Waals surface area contributed by atoms with Crippen molar-refractivity contribution in [2.45, 2.75) is 0 Å². The SMILES string of the molecule is Cn1c(C(=O)O)ccc1-c1c[nH]c2ccc(Br)cc12. The van der Waals surface area contributed by atoms with E-state index in [-0.39, 0.29) is 5.69 Å². The third-order valence-corrected chi connectivity index (χ3v) is 3.75. The zero-order valence-corrected chi connectivity index (χ0v) is 11.7. The van der Waals surface area contributed by atoms with E-state index in [1.165, 1.54) is 0 Å². The smallest absolute Gasteiger partial charge is 0.352 e. The average molecular weight is 319 g/mol. The molecule has 0 unspecified atom stereocenters. The van der Waals surface area contributed by atoms with Gasteiger partial charge in [-0.05, 0) is 30.3 Å². The normalized spacial score (nSPS) is 11.1. The zero-order chi connectivity index (χ0) is 13.6. The van der Waals surface area contributed by atoms with Gasteiger partial charge < -0.3 is 14.7 Å². The Morgan fingerprint density at radius 2 is 2.11 bits per heavy atom. The van der Waals surface area contributed by atoms with E-state index in [1.54, 1.807) is 17.7 Å². The van der Waals surface area contributed by atoms with Crippen LogP contribution in [0.5, 0.6) is 0 Å². The van der Waals surface area contributed by atoms with Crippen LogP contribution in [0.2, 0.25) is 0 Å². The van der Waals surface area contributed by atoms with Crippen molar-refractivity contribution in [1.82, 2.24) is 9.55 Å². The maximum absolute atomic E-state index is 11.1. The van der Waals surface area contributed by atoms with Gasteiger partial charge in [0.05, 0.1) is 5.69 Å². The van der Waals surface area contributed by atoms with Crippen molar-refractivity contribution >= 4 is 32.8 Å². The summed E-state index contributed by atoms with van der Waals surface area (Å²) in [6.07, 6.45) is 1.90. The van der Waals surface area contributed by atoms with Crippen LogP contribution >= 0.6 is 15.9 Å². The molecule has 3 aromatic rings. The molecular weight excluding hydrogens is 308 g/mol. The van der Waals surface area contributed by atoms with E-state index in [1.807, 2.05) is 30.5 Å². The van der Waals surface area contributed by atoms with Crippen molar-refractivity contribution in [2.75, 3.05) is 0 Å². The van der Waals surface area contributed by atoms with E-state index >= 15 is 0 Å². The van der Waals surface area contributed by atoms with Crippen LogP contribution in [0.3, 0.4) is 0 Å². The van der Waals surface area contributed by atoms with Crippen molar-refractivity contribution in [3.8, 4) is 11.3 Å². The number of halogens is 1. The first-order valence-corrected chi connectivity index (χ1v) is 6.53. The predicted octanol–water partition coefficient (Wildman–Crippen LogP) is 3.63. The van der Waals surface area contributed by atoms with Crippen molar-refractivity contribution in [2.24, 2.45) is 7.05 Å². The summed E-state index contributed by atoms with van der Waals surface area (Å²) in [5, 5.41) is 10.2. The van der Waals surface area contributed by atoms with Gasteiger partial charge in [0.15, 0.2) is 0 Å². The Bertz CT molecular complexity index is 786. The van der Waals surface area contributed by atoms with E-state index in [4.69, 9.17) is 5.11 Å². The van der Waals surface area contributed by atoms with E-state index in [2.05, 4.69) is 20.9 Å². The van der Waals surface area contributed by atoms with Crippen LogP contribution in [0, 0.1) is 0 Å². The number of carboxylic acids is 1. The second kappa shape index (κ2) is 4.28. The summed E-state index contributed by atoms with van der Waals surface area (Å²) < 4.78 is 2.68. The summed E-state index contributed by atoms with van der Waals surface area (Å²) in [6.45, 7) is 0. The van der Waals surface area contributed by atoms with Crippen molar-refractivity contribution < 1.29 is 9.90 Å². The first-order chi connectivity index (χ1) is 9.08. The van der Waals surface area contributed by atoms with E-state index in [9.17, 15) is 4.79 Å². The number of carboxylic acid groups (broad SMARTS) is 1. The third kappa shape index (κ3) is 1.86. The average Bonchev–Trinajstić information content (AvgIpc) is 2.92. The number of fused-ring (bicyclic) bond motifs is 1.